The van der Waals surface area contributed by atoms with Crippen molar-refractivity contribution in [2.24, 2.45) is 0 Å². The molecule has 0 aliphatic carbocycles. The quantitative estimate of drug-likeness (QED) is 0.658. The fourth-order valence-corrected chi connectivity index (χ4v) is 1.57. The standard InChI is InChI=1S/C10H7NO2S/c12-14(13)7-9-6-5-8-3-1-2-4-10(8)11-9/h1-7H. The van der Waals surface area contributed by atoms with Gasteiger partial charge in [-0.2, -0.15) is 8.42 Å². The van der Waals surface area contributed by atoms with Gasteiger partial charge in [0.05, 0.1) is 16.6 Å². The monoisotopic (exact) mass is 205 g/mol. The van der Waals surface area contributed by atoms with Crippen LogP contribution in [0, 0.1) is 0 Å². The third-order valence-electron chi connectivity index (χ3n) is 1.84. The first-order valence-electron chi connectivity index (χ1n) is 4.04. The predicted octanol–water partition coefficient (Wildman–Crippen LogP) is 1.26. The van der Waals surface area contributed by atoms with Crippen LogP contribution in [0.4, 0.5) is 0 Å². The molecule has 3 nitrogen and oxygen atoms in total. The molecule has 0 saturated heterocycles. The number of hydrogen-bond donors (Lipinski definition) is 0. The molecule has 0 saturated carbocycles. The normalized spacial score (nSPS) is 10.0. The van der Waals surface area contributed by atoms with E-state index in [-0.39, 0.29) is 0 Å². The maximum Gasteiger partial charge on any atom is 0.216 e. The number of rotatable bonds is 1. The molecule has 1 heterocycles. The van der Waals surface area contributed by atoms with E-state index in [4.69, 9.17) is 0 Å². The second-order valence-corrected chi connectivity index (χ2v) is 3.56. The highest BCUT2D eigenvalue weighted by molar-refractivity contribution is 7.71. The number of aromatic nitrogens is 1. The first kappa shape index (κ1) is 8.90. The van der Waals surface area contributed by atoms with Crippen LogP contribution in [-0.4, -0.2) is 18.8 Å². The van der Waals surface area contributed by atoms with Gasteiger partial charge in [-0.05, 0) is 12.1 Å². The van der Waals surface area contributed by atoms with Gasteiger partial charge in [0.25, 0.3) is 0 Å². The number of nitrogens with zero attached hydrogens (tertiary/aromatic N) is 1. The minimum absolute atomic E-state index is 0.456. The fraction of sp³-hybridized carbons (Fsp3) is 0. The predicted molar refractivity (Wildman–Crippen MR) is 55.8 cm³/mol. The summed E-state index contributed by atoms with van der Waals surface area (Å²) in [5.41, 5.74) is 1.25. The lowest BCUT2D eigenvalue weighted by Crippen LogP contribution is -1.88. The lowest BCUT2D eigenvalue weighted by atomic mass is 10.2. The summed E-state index contributed by atoms with van der Waals surface area (Å²) in [6.07, 6.45) is 0. The smallest absolute Gasteiger partial charge is 0.216 e. The lowest BCUT2D eigenvalue weighted by molar-refractivity contribution is 0.627. The Balaban J connectivity index is 2.68. The Bertz CT molecular complexity index is 594. The Labute approximate surface area is 82.6 Å². The highest BCUT2D eigenvalue weighted by Gasteiger charge is 1.94. The van der Waals surface area contributed by atoms with Crippen molar-refractivity contribution >= 4 is 26.6 Å². The van der Waals surface area contributed by atoms with E-state index in [1.807, 2.05) is 30.3 Å². The van der Waals surface area contributed by atoms with Crippen LogP contribution >= 0.6 is 0 Å². The van der Waals surface area contributed by atoms with Gasteiger partial charge in [0.15, 0.2) is 0 Å². The molecule has 0 aliphatic rings. The second kappa shape index (κ2) is 3.59. The van der Waals surface area contributed by atoms with Gasteiger partial charge in [-0.25, -0.2) is 4.98 Å². The Morgan fingerprint density at radius 3 is 2.64 bits per heavy atom. The fourth-order valence-electron chi connectivity index (χ4n) is 1.25. The van der Waals surface area contributed by atoms with Crippen LogP contribution in [0.1, 0.15) is 5.69 Å². The molecule has 0 N–H and O–H groups in total. The molecule has 0 fully saturated rings. The SMILES string of the molecule is O=S(=O)=Cc1ccc2ccccc2n1. The average molecular weight is 205 g/mol. The average Bonchev–Trinajstić information content (AvgIpc) is 2.17. The third-order valence-corrected chi connectivity index (χ3v) is 2.27. The van der Waals surface area contributed by atoms with Crippen molar-refractivity contribution in [1.82, 2.24) is 4.98 Å². The molecular weight excluding hydrogens is 198 g/mol. The van der Waals surface area contributed by atoms with Crippen molar-refractivity contribution < 1.29 is 8.42 Å². The number of para-hydroxylation sites is 1. The van der Waals surface area contributed by atoms with Gasteiger partial charge in [-0.1, -0.05) is 24.3 Å². The van der Waals surface area contributed by atoms with E-state index in [9.17, 15) is 8.42 Å². The first-order chi connectivity index (χ1) is 6.75. The topological polar surface area (TPSA) is 47.0 Å². The Kier molecular flexibility index (Phi) is 2.28. The highest BCUT2D eigenvalue weighted by atomic mass is 32.2. The van der Waals surface area contributed by atoms with Crippen LogP contribution in [0.5, 0.6) is 0 Å². The van der Waals surface area contributed by atoms with Crippen molar-refractivity contribution in [3.63, 3.8) is 0 Å². The molecule has 0 spiro atoms. The summed E-state index contributed by atoms with van der Waals surface area (Å²) in [7, 11) is -2.20. The van der Waals surface area contributed by atoms with Gasteiger partial charge < -0.3 is 0 Å². The summed E-state index contributed by atoms with van der Waals surface area (Å²) in [5, 5.41) is 2.09. The molecule has 14 heavy (non-hydrogen) atoms. The summed E-state index contributed by atoms with van der Waals surface area (Å²) in [6.45, 7) is 0. The highest BCUT2D eigenvalue weighted by Crippen LogP contribution is 2.10. The van der Waals surface area contributed by atoms with Crippen molar-refractivity contribution in [3.05, 3.63) is 42.1 Å². The van der Waals surface area contributed by atoms with Gasteiger partial charge >= 0.3 is 0 Å². The summed E-state index contributed by atoms with van der Waals surface area (Å²) >= 11 is 0. The van der Waals surface area contributed by atoms with E-state index >= 15 is 0 Å². The summed E-state index contributed by atoms with van der Waals surface area (Å²) in [6, 6.07) is 11.1. The van der Waals surface area contributed by atoms with Crippen LogP contribution in [-0.2, 0) is 10.3 Å². The molecule has 2 rings (SSSR count). The Morgan fingerprint density at radius 2 is 1.86 bits per heavy atom. The summed E-state index contributed by atoms with van der Waals surface area (Å²) in [4.78, 5) is 4.17. The zero-order valence-corrected chi connectivity index (χ0v) is 8.03. The van der Waals surface area contributed by atoms with Crippen LogP contribution in [0.3, 0.4) is 0 Å². The molecule has 0 amide bonds. The third kappa shape index (κ3) is 1.80. The van der Waals surface area contributed by atoms with Gasteiger partial charge in [-0.15, -0.1) is 0 Å². The maximum atomic E-state index is 10.4. The minimum Gasteiger partial charge on any atom is -0.247 e. The van der Waals surface area contributed by atoms with Crippen molar-refractivity contribution in [2.75, 3.05) is 0 Å². The van der Waals surface area contributed by atoms with E-state index in [1.165, 1.54) is 0 Å². The summed E-state index contributed by atoms with van der Waals surface area (Å²) < 4.78 is 20.8. The number of benzene rings is 1. The molecule has 0 unspecified atom stereocenters. The van der Waals surface area contributed by atoms with E-state index in [2.05, 4.69) is 4.98 Å². The van der Waals surface area contributed by atoms with Crippen LogP contribution in [0.15, 0.2) is 36.4 Å². The molecule has 2 aromatic rings. The largest absolute Gasteiger partial charge is 0.247 e. The van der Waals surface area contributed by atoms with E-state index in [0.717, 1.165) is 16.3 Å². The van der Waals surface area contributed by atoms with Crippen LogP contribution < -0.4 is 0 Å². The molecule has 4 heteroatoms. The first-order valence-corrected chi connectivity index (χ1v) is 5.18. The zero-order valence-electron chi connectivity index (χ0n) is 7.21. The van der Waals surface area contributed by atoms with Crippen molar-refractivity contribution in [2.45, 2.75) is 0 Å². The molecule has 1 aromatic carbocycles. The lowest BCUT2D eigenvalue weighted by Gasteiger charge is -1.96. The molecule has 0 aliphatic heterocycles. The van der Waals surface area contributed by atoms with E-state index < -0.39 is 10.3 Å². The molecule has 0 atom stereocenters. The summed E-state index contributed by atoms with van der Waals surface area (Å²) in [5.74, 6) is 0. The van der Waals surface area contributed by atoms with Gasteiger partial charge in [0, 0.05) is 5.39 Å². The van der Waals surface area contributed by atoms with E-state index in [0.29, 0.717) is 5.69 Å². The second-order valence-electron chi connectivity index (χ2n) is 2.81. The molecular formula is C10H7NO2S. The zero-order chi connectivity index (χ0) is 9.97. The van der Waals surface area contributed by atoms with Gasteiger partial charge in [-0.3, -0.25) is 0 Å². The van der Waals surface area contributed by atoms with Gasteiger partial charge in [0.2, 0.25) is 10.3 Å². The minimum atomic E-state index is -2.20. The maximum absolute atomic E-state index is 10.4. The Hall–Kier alpha value is -1.68. The number of hydrogen-bond acceptors (Lipinski definition) is 3. The number of pyridine rings is 1. The van der Waals surface area contributed by atoms with Crippen LogP contribution in [0.25, 0.3) is 10.9 Å². The molecule has 0 bridgehead atoms. The van der Waals surface area contributed by atoms with Crippen molar-refractivity contribution in [3.8, 4) is 0 Å². The number of fused-ring (bicyclic) bond motifs is 1. The molecule has 70 valence electrons. The van der Waals surface area contributed by atoms with Gasteiger partial charge in [0.1, 0.15) is 0 Å². The van der Waals surface area contributed by atoms with Crippen molar-refractivity contribution in [1.29, 1.82) is 0 Å². The van der Waals surface area contributed by atoms with Crippen LogP contribution in [0.2, 0.25) is 0 Å². The molecule has 1 aromatic heterocycles. The molecule has 0 radical (unpaired) electrons. The van der Waals surface area contributed by atoms with E-state index in [1.54, 1.807) is 6.07 Å². The Morgan fingerprint density at radius 1 is 1.07 bits per heavy atom.